The molecule has 0 unspecified atom stereocenters. The van der Waals surface area contributed by atoms with E-state index in [2.05, 4.69) is 12.2 Å². The van der Waals surface area contributed by atoms with E-state index in [-0.39, 0.29) is 42.0 Å². The highest BCUT2D eigenvalue weighted by atomic mass is 16.5. The molecule has 150 valence electrons. The van der Waals surface area contributed by atoms with Crippen molar-refractivity contribution in [1.29, 1.82) is 0 Å². The zero-order valence-corrected chi connectivity index (χ0v) is 16.3. The van der Waals surface area contributed by atoms with Crippen molar-refractivity contribution in [3.63, 3.8) is 0 Å². The van der Waals surface area contributed by atoms with Gasteiger partial charge in [-0.1, -0.05) is 54.6 Å². The molecule has 3 fully saturated rings. The molecule has 0 radical (unpaired) electrons. The van der Waals surface area contributed by atoms with Gasteiger partial charge >= 0.3 is 5.97 Å². The van der Waals surface area contributed by atoms with E-state index in [0.717, 1.165) is 22.4 Å². The molecule has 4 aliphatic carbocycles. The predicted octanol–water partition coefficient (Wildman–Crippen LogP) is 3.31. The van der Waals surface area contributed by atoms with Crippen LogP contribution in [0.25, 0.3) is 11.1 Å². The Morgan fingerprint density at radius 2 is 1.40 bits per heavy atom. The molecule has 2 aromatic rings. The molecule has 2 saturated carbocycles. The van der Waals surface area contributed by atoms with E-state index in [1.807, 2.05) is 42.5 Å². The Morgan fingerprint density at radius 1 is 0.833 bits per heavy atom. The number of likely N-dealkylation sites (tertiary alicyclic amines) is 1. The molecule has 0 spiro atoms. The third-order valence-corrected chi connectivity index (χ3v) is 7.23. The minimum absolute atomic E-state index is 0.160. The fraction of sp³-hybridized carbons (Fsp3) is 0.320. The van der Waals surface area contributed by atoms with E-state index in [4.69, 9.17) is 4.74 Å². The highest BCUT2D eigenvalue weighted by Gasteiger charge is 2.67. The average Bonchev–Trinajstić information content (AvgIpc) is 3.56. The van der Waals surface area contributed by atoms with E-state index in [1.165, 1.54) is 0 Å². The summed E-state index contributed by atoms with van der Waals surface area (Å²) in [7, 11) is 0. The van der Waals surface area contributed by atoms with Crippen LogP contribution >= 0.6 is 0 Å². The number of hydrogen-bond donors (Lipinski definition) is 0. The maximum Gasteiger partial charge on any atom is 0.331 e. The molecule has 2 bridgehead atoms. The van der Waals surface area contributed by atoms with Crippen LogP contribution in [0.2, 0.25) is 0 Å². The van der Waals surface area contributed by atoms with Gasteiger partial charge in [0.05, 0.1) is 11.8 Å². The minimum atomic E-state index is -0.590. The van der Waals surface area contributed by atoms with Crippen molar-refractivity contribution in [3.05, 3.63) is 66.7 Å². The number of rotatable bonds is 4. The first-order valence-corrected chi connectivity index (χ1v) is 10.5. The normalized spacial score (nSPS) is 32.7. The van der Waals surface area contributed by atoms with E-state index in [9.17, 15) is 14.4 Å². The van der Waals surface area contributed by atoms with Gasteiger partial charge in [0.15, 0.2) is 0 Å². The van der Waals surface area contributed by atoms with E-state index in [0.29, 0.717) is 17.6 Å². The Bertz CT molecular complexity index is 1040. The lowest BCUT2D eigenvalue weighted by atomic mass is 9.63. The van der Waals surface area contributed by atoms with Gasteiger partial charge in [-0.15, -0.1) is 0 Å². The van der Waals surface area contributed by atoms with Crippen LogP contribution in [0.3, 0.4) is 0 Å². The summed E-state index contributed by atoms with van der Waals surface area (Å²) < 4.78 is 5.42. The fourth-order valence-corrected chi connectivity index (χ4v) is 5.81. The van der Waals surface area contributed by atoms with E-state index in [1.54, 1.807) is 12.1 Å². The van der Waals surface area contributed by atoms with E-state index < -0.39 is 5.97 Å². The van der Waals surface area contributed by atoms with Gasteiger partial charge in [-0.2, -0.15) is 0 Å². The fourth-order valence-electron chi connectivity index (χ4n) is 5.81. The van der Waals surface area contributed by atoms with Gasteiger partial charge < -0.3 is 4.74 Å². The Kier molecular flexibility index (Phi) is 3.76. The van der Waals surface area contributed by atoms with Crippen LogP contribution in [-0.2, 0) is 14.4 Å². The molecule has 7 rings (SSSR count). The first kappa shape index (κ1) is 17.6. The number of allylic oxidation sites excluding steroid dienone is 2. The number of carbonyl (C=O) groups excluding carboxylic acids is 3. The van der Waals surface area contributed by atoms with Crippen LogP contribution < -0.4 is 4.74 Å². The third kappa shape index (κ3) is 2.58. The molecule has 6 atom stereocenters. The average molecular weight is 399 g/mol. The SMILES string of the molecule is O=C(CN1C(=O)[C@@H]2[C@@H]3C=C[C@H]([C@H]4C[C@@H]34)[C@@H]2C1=O)Oc1ccc(-c2ccccc2)cc1. The highest BCUT2D eigenvalue weighted by Crippen LogP contribution is 2.65. The summed E-state index contributed by atoms with van der Waals surface area (Å²) in [6, 6.07) is 17.1. The molecule has 5 nitrogen and oxygen atoms in total. The second-order valence-electron chi connectivity index (χ2n) is 8.78. The molecular weight excluding hydrogens is 378 g/mol. The van der Waals surface area contributed by atoms with Crippen LogP contribution in [0.5, 0.6) is 5.75 Å². The van der Waals surface area contributed by atoms with Gasteiger partial charge in [-0.05, 0) is 53.4 Å². The Morgan fingerprint density at radius 3 is 2.00 bits per heavy atom. The Hall–Kier alpha value is -3.21. The minimum Gasteiger partial charge on any atom is -0.425 e. The molecule has 30 heavy (non-hydrogen) atoms. The second kappa shape index (κ2) is 6.39. The van der Waals surface area contributed by atoms with Crippen molar-refractivity contribution in [2.75, 3.05) is 6.54 Å². The second-order valence-corrected chi connectivity index (χ2v) is 8.78. The standard InChI is InChI=1S/C25H21NO4/c27-21(30-16-8-6-15(7-9-16)14-4-2-1-3-5-14)13-26-24(28)22-17-10-11-18(20-12-19(17)20)23(22)25(26)29/h1-11,17-20,22-23H,12-13H2/t17-,18-,19-,20+,22+,23-/m1/s1. The third-order valence-electron chi connectivity index (χ3n) is 7.23. The smallest absolute Gasteiger partial charge is 0.331 e. The summed E-state index contributed by atoms with van der Waals surface area (Å²) >= 11 is 0. The number of esters is 1. The molecule has 2 amide bonds. The summed E-state index contributed by atoms with van der Waals surface area (Å²) in [4.78, 5) is 39.5. The van der Waals surface area contributed by atoms with Crippen molar-refractivity contribution < 1.29 is 19.1 Å². The van der Waals surface area contributed by atoms with Crippen LogP contribution in [0.1, 0.15) is 6.42 Å². The zero-order valence-electron chi connectivity index (χ0n) is 16.3. The summed E-state index contributed by atoms with van der Waals surface area (Å²) in [6.07, 6.45) is 5.37. The first-order chi connectivity index (χ1) is 14.6. The summed E-state index contributed by atoms with van der Waals surface area (Å²) in [5, 5.41) is 0. The lowest BCUT2D eigenvalue weighted by Crippen LogP contribution is -2.40. The molecule has 0 aromatic heterocycles. The van der Waals surface area contributed by atoms with Crippen LogP contribution in [0, 0.1) is 35.5 Å². The summed E-state index contributed by atoms with van der Waals surface area (Å²) in [5.41, 5.74) is 2.10. The molecule has 1 heterocycles. The topological polar surface area (TPSA) is 63.7 Å². The first-order valence-electron chi connectivity index (χ1n) is 10.5. The molecule has 5 heteroatoms. The number of ether oxygens (including phenoxy) is 1. The zero-order chi connectivity index (χ0) is 20.4. The van der Waals surface area contributed by atoms with Crippen molar-refractivity contribution in [2.45, 2.75) is 6.42 Å². The Labute approximate surface area is 174 Å². The van der Waals surface area contributed by atoms with Crippen molar-refractivity contribution >= 4 is 17.8 Å². The van der Waals surface area contributed by atoms with Crippen molar-refractivity contribution in [1.82, 2.24) is 4.90 Å². The van der Waals surface area contributed by atoms with Gasteiger partial charge in [0, 0.05) is 0 Å². The van der Waals surface area contributed by atoms with Crippen LogP contribution in [-0.4, -0.2) is 29.2 Å². The quantitative estimate of drug-likeness (QED) is 0.342. The molecule has 5 aliphatic rings. The predicted molar refractivity (Wildman–Crippen MR) is 109 cm³/mol. The molecular formula is C25H21NO4. The maximum absolute atomic E-state index is 13.0. The molecule has 1 saturated heterocycles. The monoisotopic (exact) mass is 399 g/mol. The van der Waals surface area contributed by atoms with Gasteiger partial charge in [0.1, 0.15) is 12.3 Å². The van der Waals surface area contributed by atoms with Gasteiger partial charge in [0.2, 0.25) is 11.8 Å². The van der Waals surface area contributed by atoms with Crippen molar-refractivity contribution in [2.24, 2.45) is 35.5 Å². The lowest BCUT2D eigenvalue weighted by molar-refractivity contribution is -0.148. The molecule has 1 aliphatic heterocycles. The number of nitrogens with zero attached hydrogens (tertiary/aromatic N) is 1. The highest BCUT2D eigenvalue weighted by molar-refractivity contribution is 6.08. The number of benzene rings is 2. The largest absolute Gasteiger partial charge is 0.425 e. The van der Waals surface area contributed by atoms with E-state index >= 15 is 0 Å². The number of hydrogen-bond acceptors (Lipinski definition) is 4. The summed E-state index contributed by atoms with van der Waals surface area (Å²) in [5.74, 6) is 0.259. The van der Waals surface area contributed by atoms with Gasteiger partial charge in [-0.3, -0.25) is 14.5 Å². The number of imide groups is 1. The number of amides is 2. The van der Waals surface area contributed by atoms with Gasteiger partial charge in [0.25, 0.3) is 0 Å². The maximum atomic E-state index is 13.0. The molecule has 2 aromatic carbocycles. The van der Waals surface area contributed by atoms with Crippen LogP contribution in [0.4, 0.5) is 0 Å². The van der Waals surface area contributed by atoms with Crippen LogP contribution in [0.15, 0.2) is 66.7 Å². The summed E-state index contributed by atoms with van der Waals surface area (Å²) in [6.45, 7) is -0.320. The van der Waals surface area contributed by atoms with Gasteiger partial charge in [-0.25, -0.2) is 4.79 Å². The lowest BCUT2D eigenvalue weighted by Gasteiger charge is -2.37. The number of carbonyl (C=O) groups is 3. The Balaban J connectivity index is 1.14. The molecule has 0 N–H and O–H groups in total. The van der Waals surface area contributed by atoms with Crippen molar-refractivity contribution in [3.8, 4) is 16.9 Å².